The summed E-state index contributed by atoms with van der Waals surface area (Å²) in [6.45, 7) is 13.0. The van der Waals surface area contributed by atoms with Gasteiger partial charge >= 0.3 is 6.09 Å². The molecule has 0 unspecified atom stereocenters. The summed E-state index contributed by atoms with van der Waals surface area (Å²) in [6, 6.07) is 0.121. The molecule has 1 aliphatic rings. The van der Waals surface area contributed by atoms with Crippen LogP contribution in [0.2, 0.25) is 0 Å². The van der Waals surface area contributed by atoms with Gasteiger partial charge in [-0.2, -0.15) is 0 Å². The van der Waals surface area contributed by atoms with Gasteiger partial charge in [0.1, 0.15) is 11.1 Å². The molecule has 0 bridgehead atoms. The predicted molar refractivity (Wildman–Crippen MR) is 77.5 cm³/mol. The van der Waals surface area contributed by atoms with Crippen LogP contribution in [0.15, 0.2) is 0 Å². The Morgan fingerprint density at radius 2 is 1.85 bits per heavy atom. The molecule has 6 nitrogen and oxygen atoms in total. The SMILES string of the molecule is C[C@@H]1CNCCN1C(=O)C(C)(C)NC(=O)OC(C)(C)C. The van der Waals surface area contributed by atoms with Gasteiger partial charge in [-0.3, -0.25) is 4.79 Å². The number of carbonyl (C=O) groups excluding carboxylic acids is 2. The minimum absolute atomic E-state index is 0.0858. The second-order valence-electron chi connectivity index (χ2n) is 6.80. The summed E-state index contributed by atoms with van der Waals surface area (Å²) in [6.07, 6.45) is -0.571. The number of amides is 2. The van der Waals surface area contributed by atoms with Crippen molar-refractivity contribution in [1.29, 1.82) is 0 Å². The Labute approximate surface area is 121 Å². The molecule has 0 saturated carbocycles. The molecule has 116 valence electrons. The van der Waals surface area contributed by atoms with Crippen LogP contribution in [0, 0.1) is 0 Å². The Kier molecular flexibility index (Phi) is 5.02. The summed E-state index contributed by atoms with van der Waals surface area (Å²) in [5.41, 5.74) is -1.56. The van der Waals surface area contributed by atoms with Gasteiger partial charge in [0.05, 0.1) is 0 Å². The molecule has 0 spiro atoms. The number of nitrogens with one attached hydrogen (secondary N) is 2. The van der Waals surface area contributed by atoms with E-state index in [1.54, 1.807) is 39.5 Å². The van der Waals surface area contributed by atoms with E-state index in [-0.39, 0.29) is 11.9 Å². The molecule has 1 saturated heterocycles. The molecule has 2 amide bonds. The minimum Gasteiger partial charge on any atom is -0.444 e. The number of ether oxygens (including phenoxy) is 1. The lowest BCUT2D eigenvalue weighted by Crippen LogP contribution is -2.62. The average molecular weight is 285 g/mol. The first-order valence-corrected chi connectivity index (χ1v) is 7.06. The van der Waals surface area contributed by atoms with Crippen molar-refractivity contribution in [1.82, 2.24) is 15.5 Å². The first kappa shape index (κ1) is 16.8. The lowest BCUT2D eigenvalue weighted by molar-refractivity contribution is -0.140. The number of hydrogen-bond donors (Lipinski definition) is 2. The molecular formula is C14H27N3O3. The standard InChI is InChI=1S/C14H27N3O3/c1-10-9-15-7-8-17(10)11(18)14(5,6)16-12(19)20-13(2,3)4/h10,15H,7-9H2,1-6H3,(H,16,19)/t10-/m1/s1. The van der Waals surface area contributed by atoms with Crippen LogP contribution in [0.5, 0.6) is 0 Å². The van der Waals surface area contributed by atoms with Crippen molar-refractivity contribution in [2.45, 2.75) is 58.7 Å². The maximum absolute atomic E-state index is 12.6. The van der Waals surface area contributed by atoms with Gasteiger partial charge in [-0.05, 0) is 41.5 Å². The fraction of sp³-hybridized carbons (Fsp3) is 0.857. The van der Waals surface area contributed by atoms with Crippen molar-refractivity contribution >= 4 is 12.0 Å². The van der Waals surface area contributed by atoms with Crippen molar-refractivity contribution < 1.29 is 14.3 Å². The van der Waals surface area contributed by atoms with Crippen molar-refractivity contribution in [3.8, 4) is 0 Å². The highest BCUT2D eigenvalue weighted by atomic mass is 16.6. The van der Waals surface area contributed by atoms with Crippen LogP contribution < -0.4 is 10.6 Å². The maximum Gasteiger partial charge on any atom is 0.408 e. The van der Waals surface area contributed by atoms with Crippen LogP contribution in [0.4, 0.5) is 4.79 Å². The van der Waals surface area contributed by atoms with E-state index >= 15 is 0 Å². The van der Waals surface area contributed by atoms with Gasteiger partial charge in [0.15, 0.2) is 0 Å². The molecule has 0 aromatic carbocycles. The lowest BCUT2D eigenvalue weighted by Gasteiger charge is -2.39. The lowest BCUT2D eigenvalue weighted by atomic mass is 10.0. The Hall–Kier alpha value is -1.30. The molecule has 20 heavy (non-hydrogen) atoms. The van der Waals surface area contributed by atoms with E-state index in [1.165, 1.54) is 0 Å². The van der Waals surface area contributed by atoms with E-state index in [9.17, 15) is 9.59 Å². The van der Waals surface area contributed by atoms with E-state index in [0.29, 0.717) is 6.54 Å². The second-order valence-corrected chi connectivity index (χ2v) is 6.80. The molecule has 0 aromatic rings. The first-order valence-electron chi connectivity index (χ1n) is 7.06. The zero-order chi connectivity index (χ0) is 15.6. The quantitative estimate of drug-likeness (QED) is 0.797. The van der Waals surface area contributed by atoms with Crippen molar-refractivity contribution in [2.75, 3.05) is 19.6 Å². The highest BCUT2D eigenvalue weighted by Crippen LogP contribution is 2.14. The van der Waals surface area contributed by atoms with E-state index < -0.39 is 17.2 Å². The predicted octanol–water partition coefficient (Wildman–Crippen LogP) is 1.11. The van der Waals surface area contributed by atoms with Crippen molar-refractivity contribution in [3.05, 3.63) is 0 Å². The molecule has 1 atom stereocenters. The van der Waals surface area contributed by atoms with Crippen LogP contribution >= 0.6 is 0 Å². The first-order chi connectivity index (χ1) is 9.03. The summed E-state index contributed by atoms with van der Waals surface area (Å²) >= 11 is 0. The fourth-order valence-corrected chi connectivity index (χ4v) is 2.11. The largest absolute Gasteiger partial charge is 0.444 e. The zero-order valence-corrected chi connectivity index (χ0v) is 13.4. The minimum atomic E-state index is -0.978. The summed E-state index contributed by atoms with van der Waals surface area (Å²) in [5.74, 6) is -0.0858. The van der Waals surface area contributed by atoms with Crippen molar-refractivity contribution in [3.63, 3.8) is 0 Å². The molecule has 0 aromatic heterocycles. The van der Waals surface area contributed by atoms with Gasteiger partial charge in [-0.15, -0.1) is 0 Å². The third kappa shape index (κ3) is 4.67. The zero-order valence-electron chi connectivity index (χ0n) is 13.4. The van der Waals surface area contributed by atoms with Crippen LogP contribution in [0.1, 0.15) is 41.5 Å². The molecule has 2 N–H and O–H groups in total. The summed E-state index contributed by atoms with van der Waals surface area (Å²) < 4.78 is 5.20. The maximum atomic E-state index is 12.6. The second kappa shape index (κ2) is 5.99. The normalized spacial score (nSPS) is 20.5. The molecule has 1 fully saturated rings. The highest BCUT2D eigenvalue weighted by molar-refractivity contribution is 5.89. The van der Waals surface area contributed by atoms with Crippen LogP contribution in [-0.4, -0.2) is 53.7 Å². The smallest absolute Gasteiger partial charge is 0.408 e. The van der Waals surface area contributed by atoms with Crippen LogP contribution in [0.25, 0.3) is 0 Å². The van der Waals surface area contributed by atoms with E-state index in [1.807, 2.05) is 6.92 Å². The van der Waals surface area contributed by atoms with Crippen molar-refractivity contribution in [2.24, 2.45) is 0 Å². The number of nitrogens with zero attached hydrogens (tertiary/aromatic N) is 1. The third-order valence-corrected chi connectivity index (χ3v) is 3.11. The molecule has 1 heterocycles. The monoisotopic (exact) mass is 285 g/mol. The van der Waals surface area contributed by atoms with Gasteiger partial charge in [0, 0.05) is 25.7 Å². The molecular weight excluding hydrogens is 258 g/mol. The summed E-state index contributed by atoms with van der Waals surface area (Å²) in [5, 5.41) is 5.89. The van der Waals surface area contributed by atoms with Crippen LogP contribution in [0.3, 0.4) is 0 Å². The number of carbonyl (C=O) groups is 2. The van der Waals surface area contributed by atoms with Gasteiger partial charge in [0.25, 0.3) is 0 Å². The Balaban J connectivity index is 2.67. The highest BCUT2D eigenvalue weighted by Gasteiger charge is 2.37. The summed E-state index contributed by atoms with van der Waals surface area (Å²) in [7, 11) is 0. The summed E-state index contributed by atoms with van der Waals surface area (Å²) in [4.78, 5) is 26.2. The number of alkyl carbamates (subject to hydrolysis) is 1. The third-order valence-electron chi connectivity index (χ3n) is 3.11. The topological polar surface area (TPSA) is 70.7 Å². The molecule has 1 rings (SSSR count). The average Bonchev–Trinajstić information content (AvgIpc) is 2.25. The molecule has 0 aliphatic carbocycles. The number of piperazine rings is 1. The van der Waals surface area contributed by atoms with E-state index in [4.69, 9.17) is 4.74 Å². The Bertz CT molecular complexity index is 374. The number of hydrogen-bond acceptors (Lipinski definition) is 4. The molecule has 6 heteroatoms. The van der Waals surface area contributed by atoms with Gasteiger partial charge in [0.2, 0.25) is 5.91 Å². The molecule has 1 aliphatic heterocycles. The van der Waals surface area contributed by atoms with Gasteiger partial charge < -0.3 is 20.3 Å². The van der Waals surface area contributed by atoms with Gasteiger partial charge in [-0.1, -0.05) is 0 Å². The molecule has 0 radical (unpaired) electrons. The fourth-order valence-electron chi connectivity index (χ4n) is 2.11. The Morgan fingerprint density at radius 3 is 2.35 bits per heavy atom. The van der Waals surface area contributed by atoms with E-state index in [0.717, 1.165) is 13.1 Å². The number of rotatable bonds is 2. The van der Waals surface area contributed by atoms with Gasteiger partial charge in [-0.25, -0.2) is 4.79 Å². The van der Waals surface area contributed by atoms with Crippen LogP contribution in [-0.2, 0) is 9.53 Å². The van der Waals surface area contributed by atoms with E-state index in [2.05, 4.69) is 10.6 Å². The Morgan fingerprint density at radius 1 is 1.25 bits per heavy atom.